The highest BCUT2D eigenvalue weighted by molar-refractivity contribution is 5.84. The Bertz CT molecular complexity index is 402. The van der Waals surface area contributed by atoms with Crippen LogP contribution in [0.3, 0.4) is 0 Å². The Morgan fingerprint density at radius 3 is 1.95 bits per heavy atom. The van der Waals surface area contributed by atoms with Gasteiger partial charge in [0.1, 0.15) is 6.29 Å². The van der Waals surface area contributed by atoms with Crippen molar-refractivity contribution in [3.05, 3.63) is 0 Å². The molecule has 10 heteroatoms. The van der Waals surface area contributed by atoms with Crippen LogP contribution >= 0.6 is 0 Å². The molecule has 0 bridgehead atoms. The summed E-state index contributed by atoms with van der Waals surface area (Å²) in [6.07, 6.45) is 2.67. The van der Waals surface area contributed by atoms with E-state index in [-0.39, 0.29) is 17.8 Å². The number of hydrogen-bond acceptors (Lipinski definition) is 5. The Kier molecular flexibility index (Phi) is 10.1. The molecule has 126 valence electrons. The maximum atomic E-state index is 11.8. The summed E-state index contributed by atoms with van der Waals surface area (Å²) < 4.78 is 0. The van der Waals surface area contributed by atoms with E-state index in [0.717, 1.165) is 0 Å². The highest BCUT2D eigenvalue weighted by Gasteiger charge is 2.17. The summed E-state index contributed by atoms with van der Waals surface area (Å²) in [5.41, 5.74) is 26.5. The average molecular weight is 314 g/mol. The SMILES string of the molecule is NC(N)=NCCCC(N)C(=O)N[C@H](C=O)CCCN=C(N)N. The van der Waals surface area contributed by atoms with Crippen LogP contribution in [0.1, 0.15) is 25.7 Å². The van der Waals surface area contributed by atoms with Crippen molar-refractivity contribution >= 4 is 24.1 Å². The molecule has 10 nitrogen and oxygen atoms in total. The molecule has 22 heavy (non-hydrogen) atoms. The molecule has 0 aromatic rings. The number of guanidine groups is 2. The molecular formula is C12H26N8O2. The summed E-state index contributed by atoms with van der Waals surface area (Å²) in [4.78, 5) is 30.4. The van der Waals surface area contributed by atoms with Crippen molar-refractivity contribution in [2.45, 2.75) is 37.8 Å². The lowest BCUT2D eigenvalue weighted by molar-refractivity contribution is -0.125. The van der Waals surface area contributed by atoms with Crippen LogP contribution in [0.2, 0.25) is 0 Å². The van der Waals surface area contributed by atoms with Crippen molar-refractivity contribution < 1.29 is 9.59 Å². The number of nitrogens with zero attached hydrogens (tertiary/aromatic N) is 2. The van der Waals surface area contributed by atoms with Gasteiger partial charge < -0.3 is 38.8 Å². The minimum Gasteiger partial charge on any atom is -0.370 e. The number of hydrogen-bond donors (Lipinski definition) is 6. The molecule has 0 saturated carbocycles. The molecule has 0 fully saturated rings. The summed E-state index contributed by atoms with van der Waals surface area (Å²) in [6, 6.07) is -1.32. The molecule has 0 rings (SSSR count). The topological polar surface area (TPSA) is 201 Å². The van der Waals surface area contributed by atoms with Crippen molar-refractivity contribution in [1.29, 1.82) is 0 Å². The molecule has 0 heterocycles. The van der Waals surface area contributed by atoms with Gasteiger partial charge in [0.05, 0.1) is 12.1 Å². The average Bonchev–Trinajstić information content (AvgIpc) is 2.45. The molecule has 0 saturated heterocycles. The fourth-order valence-corrected chi connectivity index (χ4v) is 1.63. The number of nitrogens with two attached hydrogens (primary N) is 5. The summed E-state index contributed by atoms with van der Waals surface area (Å²) in [6.45, 7) is 0.798. The Labute approximate surface area is 129 Å². The van der Waals surface area contributed by atoms with Crippen LogP contribution in [0.5, 0.6) is 0 Å². The predicted molar refractivity (Wildman–Crippen MR) is 85.8 cm³/mol. The van der Waals surface area contributed by atoms with Crippen LogP contribution in [0, 0.1) is 0 Å². The number of amides is 1. The van der Waals surface area contributed by atoms with Crippen LogP contribution in [0.25, 0.3) is 0 Å². The van der Waals surface area contributed by atoms with E-state index in [1.165, 1.54) is 0 Å². The van der Waals surface area contributed by atoms with E-state index in [1.54, 1.807) is 0 Å². The molecule has 11 N–H and O–H groups in total. The van der Waals surface area contributed by atoms with Gasteiger partial charge in [-0.3, -0.25) is 14.8 Å². The molecule has 1 amide bonds. The Morgan fingerprint density at radius 1 is 1.00 bits per heavy atom. The van der Waals surface area contributed by atoms with Crippen LogP contribution in [0.15, 0.2) is 9.98 Å². The molecule has 0 aliphatic heterocycles. The first-order chi connectivity index (χ1) is 10.4. The van der Waals surface area contributed by atoms with Crippen molar-refractivity contribution in [3.8, 4) is 0 Å². The van der Waals surface area contributed by atoms with Crippen LogP contribution in [-0.2, 0) is 9.59 Å². The molecule has 0 aromatic heterocycles. The van der Waals surface area contributed by atoms with Gasteiger partial charge in [-0.25, -0.2) is 0 Å². The van der Waals surface area contributed by atoms with Crippen molar-refractivity contribution in [2.24, 2.45) is 38.7 Å². The van der Waals surface area contributed by atoms with Crippen molar-refractivity contribution in [3.63, 3.8) is 0 Å². The van der Waals surface area contributed by atoms with Crippen molar-refractivity contribution in [2.75, 3.05) is 13.1 Å². The lowest BCUT2D eigenvalue weighted by Crippen LogP contribution is -2.46. The quantitative estimate of drug-likeness (QED) is 0.101. The van der Waals surface area contributed by atoms with Crippen LogP contribution in [0.4, 0.5) is 0 Å². The van der Waals surface area contributed by atoms with E-state index in [9.17, 15) is 9.59 Å². The van der Waals surface area contributed by atoms with Crippen LogP contribution < -0.4 is 34.0 Å². The largest absolute Gasteiger partial charge is 0.370 e. The van der Waals surface area contributed by atoms with E-state index < -0.39 is 12.1 Å². The first-order valence-corrected chi connectivity index (χ1v) is 6.98. The molecular weight excluding hydrogens is 288 g/mol. The highest BCUT2D eigenvalue weighted by atomic mass is 16.2. The Morgan fingerprint density at radius 2 is 1.50 bits per heavy atom. The first-order valence-electron chi connectivity index (χ1n) is 6.98. The second-order valence-electron chi connectivity index (χ2n) is 4.76. The molecule has 0 radical (unpaired) electrons. The number of carbonyl (C=O) groups excluding carboxylic acids is 2. The van der Waals surface area contributed by atoms with Gasteiger partial charge in [-0.05, 0) is 25.7 Å². The van der Waals surface area contributed by atoms with Gasteiger partial charge in [0.2, 0.25) is 5.91 Å². The monoisotopic (exact) mass is 314 g/mol. The highest BCUT2D eigenvalue weighted by Crippen LogP contribution is 1.99. The standard InChI is InChI=1S/C12H26N8O2/c13-9(4-2-6-19-12(16)17)10(22)20-8(7-21)3-1-5-18-11(14)15/h7-9H,1-6,13H2,(H,20,22)(H4,14,15,18)(H4,16,17,19)/t8-,9?/m0/s1. The number of nitrogens with one attached hydrogen (secondary N) is 1. The lowest BCUT2D eigenvalue weighted by atomic mass is 10.1. The van der Waals surface area contributed by atoms with E-state index in [4.69, 9.17) is 28.7 Å². The second-order valence-corrected chi connectivity index (χ2v) is 4.76. The van der Waals surface area contributed by atoms with Gasteiger partial charge in [-0.2, -0.15) is 0 Å². The molecule has 2 atom stereocenters. The Balaban J connectivity index is 4.05. The van der Waals surface area contributed by atoms with E-state index in [0.29, 0.717) is 45.1 Å². The van der Waals surface area contributed by atoms with E-state index >= 15 is 0 Å². The molecule has 0 spiro atoms. The first kappa shape index (κ1) is 19.6. The van der Waals surface area contributed by atoms with Crippen LogP contribution in [-0.4, -0.2) is 49.3 Å². The second kappa shape index (κ2) is 11.3. The van der Waals surface area contributed by atoms with E-state index in [2.05, 4.69) is 15.3 Å². The molecule has 1 unspecified atom stereocenters. The number of aldehydes is 1. The Hall–Kier alpha value is -2.36. The zero-order chi connectivity index (χ0) is 17.0. The molecule has 0 aromatic carbocycles. The normalized spacial score (nSPS) is 12.8. The fourth-order valence-electron chi connectivity index (χ4n) is 1.63. The zero-order valence-corrected chi connectivity index (χ0v) is 12.6. The summed E-state index contributed by atoms with van der Waals surface area (Å²) in [7, 11) is 0. The summed E-state index contributed by atoms with van der Waals surface area (Å²) in [5.74, 6) is -0.391. The van der Waals surface area contributed by atoms with Crippen molar-refractivity contribution in [1.82, 2.24) is 5.32 Å². The van der Waals surface area contributed by atoms with Gasteiger partial charge in [-0.1, -0.05) is 0 Å². The maximum Gasteiger partial charge on any atom is 0.237 e. The smallest absolute Gasteiger partial charge is 0.237 e. The molecule has 0 aliphatic carbocycles. The van der Waals surface area contributed by atoms with E-state index in [1.807, 2.05) is 0 Å². The number of aliphatic imine (C=N–C) groups is 2. The van der Waals surface area contributed by atoms with Gasteiger partial charge in [0, 0.05) is 13.1 Å². The number of carbonyl (C=O) groups is 2. The third-order valence-electron chi connectivity index (χ3n) is 2.76. The van der Waals surface area contributed by atoms with Gasteiger partial charge in [-0.15, -0.1) is 0 Å². The fraction of sp³-hybridized carbons (Fsp3) is 0.667. The summed E-state index contributed by atoms with van der Waals surface area (Å²) >= 11 is 0. The zero-order valence-electron chi connectivity index (χ0n) is 12.6. The minimum absolute atomic E-state index is 0.000169. The maximum absolute atomic E-state index is 11.8. The third kappa shape index (κ3) is 10.4. The third-order valence-corrected chi connectivity index (χ3v) is 2.76. The van der Waals surface area contributed by atoms with Gasteiger partial charge in [0.25, 0.3) is 0 Å². The van der Waals surface area contributed by atoms with Gasteiger partial charge >= 0.3 is 0 Å². The molecule has 0 aliphatic rings. The predicted octanol–water partition coefficient (Wildman–Crippen LogP) is -2.90. The lowest BCUT2D eigenvalue weighted by Gasteiger charge is -2.16. The minimum atomic E-state index is -0.714. The summed E-state index contributed by atoms with van der Waals surface area (Å²) in [5, 5.41) is 2.58. The van der Waals surface area contributed by atoms with Gasteiger partial charge in [0.15, 0.2) is 11.9 Å². The number of rotatable bonds is 11.